The van der Waals surface area contributed by atoms with Crippen molar-refractivity contribution in [2.75, 3.05) is 18.4 Å². The molecule has 1 heterocycles. The van der Waals surface area contributed by atoms with Gasteiger partial charge in [-0.05, 0) is 54.7 Å². The first-order valence-corrected chi connectivity index (χ1v) is 10.5. The van der Waals surface area contributed by atoms with E-state index in [0.29, 0.717) is 18.0 Å². The van der Waals surface area contributed by atoms with Crippen LogP contribution < -0.4 is 9.46 Å². The van der Waals surface area contributed by atoms with Crippen molar-refractivity contribution >= 4 is 21.6 Å². The van der Waals surface area contributed by atoms with E-state index in [0.717, 1.165) is 36.9 Å². The fourth-order valence-corrected chi connectivity index (χ4v) is 4.67. The highest BCUT2D eigenvalue weighted by molar-refractivity contribution is 7.92. The minimum absolute atomic E-state index is 0.0933. The maximum atomic E-state index is 12.8. The molecule has 0 saturated heterocycles. The number of ether oxygens (including phenoxy) is 1. The Morgan fingerprint density at radius 2 is 1.93 bits per heavy atom. The number of nitrogens with zero attached hydrogens (tertiary/aromatic N) is 1. The Hall–Kier alpha value is -2.54. The average Bonchev–Trinajstić information content (AvgIpc) is 3.51. The summed E-state index contributed by atoms with van der Waals surface area (Å²) >= 11 is 0. The molecular weight excluding hydrogens is 364 g/mol. The van der Waals surface area contributed by atoms with Crippen LogP contribution in [0, 0.1) is 5.92 Å². The monoisotopic (exact) mass is 386 g/mol. The molecule has 2 aromatic rings. The van der Waals surface area contributed by atoms with E-state index in [9.17, 15) is 13.2 Å². The number of hydrogen-bond donors (Lipinski definition) is 1. The molecule has 0 atom stereocenters. The quantitative estimate of drug-likeness (QED) is 0.857. The molecule has 1 amide bonds. The molecule has 0 radical (unpaired) electrons. The van der Waals surface area contributed by atoms with Gasteiger partial charge in [-0.1, -0.05) is 18.2 Å². The Morgan fingerprint density at radius 1 is 1.15 bits per heavy atom. The van der Waals surface area contributed by atoms with Gasteiger partial charge in [0, 0.05) is 24.7 Å². The van der Waals surface area contributed by atoms with Gasteiger partial charge in [0.1, 0.15) is 10.6 Å². The smallest absolute Gasteiger partial charge is 0.265 e. The van der Waals surface area contributed by atoms with Crippen LogP contribution in [0.3, 0.4) is 0 Å². The number of nitrogens with one attached hydrogen (secondary N) is 1. The van der Waals surface area contributed by atoms with Crippen LogP contribution in [0.25, 0.3) is 0 Å². The summed E-state index contributed by atoms with van der Waals surface area (Å²) in [6, 6.07) is 12.0. The van der Waals surface area contributed by atoms with Crippen LogP contribution in [0.4, 0.5) is 5.69 Å². The third-order valence-electron chi connectivity index (χ3n) is 5.07. The third-order valence-corrected chi connectivity index (χ3v) is 6.49. The van der Waals surface area contributed by atoms with E-state index >= 15 is 0 Å². The minimum atomic E-state index is -3.77. The second-order valence-corrected chi connectivity index (χ2v) is 8.67. The number of benzene rings is 2. The summed E-state index contributed by atoms with van der Waals surface area (Å²) in [4.78, 5) is 14.3. The lowest BCUT2D eigenvalue weighted by Gasteiger charge is -2.29. The molecule has 7 heteroatoms. The Balaban J connectivity index is 1.57. The van der Waals surface area contributed by atoms with Gasteiger partial charge < -0.3 is 9.64 Å². The molecule has 1 fully saturated rings. The normalized spacial score (nSPS) is 16.6. The average molecular weight is 386 g/mol. The van der Waals surface area contributed by atoms with Gasteiger partial charge in [-0.3, -0.25) is 9.52 Å². The molecule has 0 aromatic heterocycles. The van der Waals surface area contributed by atoms with Crippen molar-refractivity contribution in [1.29, 1.82) is 0 Å². The Morgan fingerprint density at radius 3 is 2.67 bits per heavy atom. The SMILES string of the molecule is COc1ccccc1S(=O)(=O)Nc1ccc2c(c1)CN(C(=O)C1CC1)CC2. The van der Waals surface area contributed by atoms with Crippen molar-refractivity contribution in [3.63, 3.8) is 0 Å². The van der Waals surface area contributed by atoms with Crippen LogP contribution in [0.15, 0.2) is 47.4 Å². The number of sulfonamides is 1. The number of carbonyl (C=O) groups is 1. The largest absolute Gasteiger partial charge is 0.495 e. The number of carbonyl (C=O) groups excluding carboxylic acids is 1. The van der Waals surface area contributed by atoms with Gasteiger partial charge in [0.15, 0.2) is 0 Å². The molecule has 27 heavy (non-hydrogen) atoms. The van der Waals surface area contributed by atoms with E-state index in [-0.39, 0.29) is 16.7 Å². The zero-order valence-corrected chi connectivity index (χ0v) is 16.0. The van der Waals surface area contributed by atoms with Crippen molar-refractivity contribution < 1.29 is 17.9 Å². The van der Waals surface area contributed by atoms with E-state index < -0.39 is 10.0 Å². The van der Waals surface area contributed by atoms with Crippen molar-refractivity contribution in [2.24, 2.45) is 5.92 Å². The second-order valence-electron chi connectivity index (χ2n) is 7.02. The highest BCUT2D eigenvalue weighted by Gasteiger charge is 2.34. The predicted octanol–water partition coefficient (Wildman–Crippen LogP) is 2.79. The Labute approximate surface area is 159 Å². The van der Waals surface area contributed by atoms with E-state index in [1.807, 2.05) is 17.0 Å². The first-order valence-electron chi connectivity index (χ1n) is 9.04. The summed E-state index contributed by atoms with van der Waals surface area (Å²) in [5, 5.41) is 0. The number of fused-ring (bicyclic) bond motifs is 1. The topological polar surface area (TPSA) is 75.7 Å². The molecule has 4 rings (SSSR count). The lowest BCUT2D eigenvalue weighted by atomic mass is 9.99. The molecule has 142 valence electrons. The molecule has 0 unspecified atom stereocenters. The number of rotatable bonds is 5. The second kappa shape index (κ2) is 6.88. The summed E-state index contributed by atoms with van der Waals surface area (Å²) in [7, 11) is -2.33. The molecule has 1 N–H and O–H groups in total. The third kappa shape index (κ3) is 3.64. The number of hydrogen-bond acceptors (Lipinski definition) is 4. The molecule has 6 nitrogen and oxygen atoms in total. The highest BCUT2D eigenvalue weighted by Crippen LogP contribution is 2.33. The summed E-state index contributed by atoms with van der Waals surface area (Å²) < 4.78 is 33.3. The lowest BCUT2D eigenvalue weighted by molar-refractivity contribution is -0.133. The first kappa shape index (κ1) is 17.9. The summed E-state index contributed by atoms with van der Waals surface area (Å²) in [5.41, 5.74) is 2.64. The fraction of sp³-hybridized carbons (Fsp3) is 0.350. The molecule has 2 aromatic carbocycles. The molecule has 2 aliphatic rings. The van der Waals surface area contributed by atoms with Gasteiger partial charge in [-0.15, -0.1) is 0 Å². The van der Waals surface area contributed by atoms with Crippen molar-refractivity contribution in [3.8, 4) is 5.75 Å². The maximum absolute atomic E-state index is 12.8. The number of para-hydroxylation sites is 1. The van der Waals surface area contributed by atoms with Gasteiger partial charge in [0.2, 0.25) is 5.91 Å². The Kier molecular flexibility index (Phi) is 4.55. The predicted molar refractivity (Wildman–Crippen MR) is 102 cm³/mol. The standard InChI is InChI=1S/C20H22N2O4S/c1-26-18-4-2-3-5-19(18)27(24,25)21-17-9-8-14-10-11-22(13-16(14)12-17)20(23)15-6-7-15/h2-5,8-9,12,15,21H,6-7,10-11,13H2,1H3. The summed E-state index contributed by atoms with van der Waals surface area (Å²) in [6.07, 6.45) is 2.77. The van der Waals surface area contributed by atoms with E-state index in [4.69, 9.17) is 4.74 Å². The fourth-order valence-electron chi connectivity index (χ4n) is 3.45. The highest BCUT2D eigenvalue weighted by atomic mass is 32.2. The van der Waals surface area contributed by atoms with Crippen molar-refractivity contribution in [2.45, 2.75) is 30.7 Å². The Bertz CT molecular complexity index is 983. The van der Waals surface area contributed by atoms with Gasteiger partial charge in [-0.2, -0.15) is 0 Å². The molecule has 1 aliphatic heterocycles. The van der Waals surface area contributed by atoms with Crippen molar-refractivity contribution in [1.82, 2.24) is 4.90 Å². The summed E-state index contributed by atoms with van der Waals surface area (Å²) in [5.74, 6) is 0.712. The van der Waals surface area contributed by atoms with Gasteiger partial charge >= 0.3 is 0 Å². The number of methoxy groups -OCH3 is 1. The lowest BCUT2D eigenvalue weighted by Crippen LogP contribution is -2.36. The van der Waals surface area contributed by atoms with E-state index in [2.05, 4.69) is 4.72 Å². The van der Waals surface area contributed by atoms with Gasteiger partial charge in [0.25, 0.3) is 10.0 Å². The van der Waals surface area contributed by atoms with Crippen LogP contribution in [-0.4, -0.2) is 32.9 Å². The first-order chi connectivity index (χ1) is 13.0. The van der Waals surface area contributed by atoms with E-state index in [1.54, 1.807) is 24.3 Å². The van der Waals surface area contributed by atoms with Crippen LogP contribution in [0.5, 0.6) is 5.75 Å². The molecule has 0 spiro atoms. The minimum Gasteiger partial charge on any atom is -0.495 e. The molecule has 0 bridgehead atoms. The van der Waals surface area contributed by atoms with Crippen LogP contribution in [0.2, 0.25) is 0 Å². The number of amides is 1. The van der Waals surface area contributed by atoms with Gasteiger partial charge in [0.05, 0.1) is 7.11 Å². The zero-order chi connectivity index (χ0) is 19.0. The number of anilines is 1. The molecule has 1 saturated carbocycles. The molecule has 1 aliphatic carbocycles. The maximum Gasteiger partial charge on any atom is 0.265 e. The summed E-state index contributed by atoms with van der Waals surface area (Å²) in [6.45, 7) is 1.27. The van der Waals surface area contributed by atoms with Gasteiger partial charge in [-0.25, -0.2) is 8.42 Å². The van der Waals surface area contributed by atoms with Crippen LogP contribution >= 0.6 is 0 Å². The van der Waals surface area contributed by atoms with Crippen LogP contribution in [0.1, 0.15) is 24.0 Å². The van der Waals surface area contributed by atoms with Crippen molar-refractivity contribution in [3.05, 3.63) is 53.6 Å². The zero-order valence-electron chi connectivity index (χ0n) is 15.1. The van der Waals surface area contributed by atoms with E-state index in [1.165, 1.54) is 13.2 Å². The van der Waals surface area contributed by atoms with Crippen LogP contribution in [-0.2, 0) is 27.8 Å². The molecular formula is C20H22N2O4S.